The van der Waals surface area contributed by atoms with Crippen molar-refractivity contribution in [2.75, 3.05) is 18.4 Å². The highest BCUT2D eigenvalue weighted by molar-refractivity contribution is 5.91. The topological polar surface area (TPSA) is 80.2 Å². The Balaban J connectivity index is 1.55. The van der Waals surface area contributed by atoms with Crippen molar-refractivity contribution >= 4 is 28.3 Å². The van der Waals surface area contributed by atoms with Crippen molar-refractivity contribution in [1.29, 1.82) is 0 Å². The first-order valence-corrected chi connectivity index (χ1v) is 12.8. The lowest BCUT2D eigenvalue weighted by molar-refractivity contribution is -0.138. The third kappa shape index (κ3) is 5.30. The molecule has 1 fully saturated rings. The van der Waals surface area contributed by atoms with Gasteiger partial charge in [0, 0.05) is 25.6 Å². The number of nitrogens with zero attached hydrogens (tertiary/aromatic N) is 4. The van der Waals surface area contributed by atoms with Crippen molar-refractivity contribution in [3.05, 3.63) is 58.4 Å². The van der Waals surface area contributed by atoms with E-state index in [2.05, 4.69) is 15.3 Å². The summed E-state index contributed by atoms with van der Waals surface area (Å²) in [4.78, 5) is 27.5. The van der Waals surface area contributed by atoms with E-state index in [1.54, 1.807) is 24.8 Å². The highest BCUT2D eigenvalue weighted by atomic mass is 19.4. The second-order valence-electron chi connectivity index (χ2n) is 9.98. The minimum Gasteiger partial charge on any atom is -0.474 e. The summed E-state index contributed by atoms with van der Waals surface area (Å²) >= 11 is 0. The third-order valence-corrected chi connectivity index (χ3v) is 7.07. The van der Waals surface area contributed by atoms with Crippen molar-refractivity contribution in [3.63, 3.8) is 0 Å². The Kier molecular flexibility index (Phi) is 6.75. The molecule has 3 heterocycles. The average Bonchev–Trinajstić information content (AvgIpc) is 3.67. The van der Waals surface area contributed by atoms with Crippen LogP contribution in [0.3, 0.4) is 0 Å². The molecule has 1 amide bonds. The lowest BCUT2D eigenvalue weighted by Gasteiger charge is -2.26. The molecule has 2 aromatic heterocycles. The van der Waals surface area contributed by atoms with Gasteiger partial charge < -0.3 is 15.0 Å². The van der Waals surface area contributed by atoms with Crippen LogP contribution in [0.2, 0.25) is 0 Å². The Labute approximate surface area is 219 Å². The summed E-state index contributed by atoms with van der Waals surface area (Å²) in [6, 6.07) is 5.70. The molecule has 1 aliphatic carbocycles. The number of ether oxygens (including phenoxy) is 1. The monoisotopic (exact) mass is 525 g/mol. The minimum absolute atomic E-state index is 0.0284. The molecule has 7 nitrogen and oxygen atoms in total. The number of nitrogens with one attached hydrogen (secondary N) is 1. The Bertz CT molecular complexity index is 1430. The standard InChI is InChI=1S/C28H30F3N5O2/c1-15-21(6-5-7-24(15)28(29,30)31)16(2)32-25-23-14-22(19-10-12-36(13-11-19)18(4)37)27(38-20-8-9-20)35-26(23)34-17(3)33-25/h5-7,10,14,16,20H,8-9,11-13H2,1-4H3,(H,32,33,34,35)/t16-/m1/s1. The first kappa shape index (κ1) is 25.9. The minimum atomic E-state index is -4.43. The van der Waals surface area contributed by atoms with Gasteiger partial charge >= 0.3 is 6.18 Å². The van der Waals surface area contributed by atoms with Crippen LogP contribution < -0.4 is 10.1 Å². The van der Waals surface area contributed by atoms with Gasteiger partial charge in [0.1, 0.15) is 17.7 Å². The maximum atomic E-state index is 13.5. The van der Waals surface area contributed by atoms with Crippen LogP contribution in [0.25, 0.3) is 16.6 Å². The number of hydrogen-bond acceptors (Lipinski definition) is 6. The Morgan fingerprint density at radius 1 is 1.18 bits per heavy atom. The van der Waals surface area contributed by atoms with Crippen molar-refractivity contribution in [2.45, 2.75) is 65.3 Å². The Hall–Kier alpha value is -3.69. The van der Waals surface area contributed by atoms with Crippen molar-refractivity contribution in [3.8, 4) is 5.88 Å². The molecule has 1 saturated carbocycles. The van der Waals surface area contributed by atoms with E-state index in [4.69, 9.17) is 9.72 Å². The number of anilines is 1. The Morgan fingerprint density at radius 2 is 1.95 bits per heavy atom. The average molecular weight is 526 g/mol. The number of amides is 1. The van der Waals surface area contributed by atoms with Crippen LogP contribution in [0.1, 0.15) is 67.2 Å². The number of fused-ring (bicyclic) bond motifs is 1. The number of pyridine rings is 1. The van der Waals surface area contributed by atoms with Gasteiger partial charge in [-0.2, -0.15) is 18.2 Å². The van der Waals surface area contributed by atoms with Gasteiger partial charge in [0.2, 0.25) is 11.8 Å². The molecule has 5 rings (SSSR count). The van der Waals surface area contributed by atoms with E-state index in [1.807, 2.05) is 19.1 Å². The predicted octanol–water partition coefficient (Wildman–Crippen LogP) is 6.01. The second-order valence-corrected chi connectivity index (χ2v) is 9.98. The normalized spacial score (nSPS) is 16.8. The van der Waals surface area contributed by atoms with Crippen LogP contribution in [0.15, 0.2) is 30.3 Å². The van der Waals surface area contributed by atoms with Gasteiger partial charge in [-0.05, 0) is 68.9 Å². The van der Waals surface area contributed by atoms with E-state index < -0.39 is 17.8 Å². The maximum Gasteiger partial charge on any atom is 0.416 e. The maximum absolute atomic E-state index is 13.5. The smallest absolute Gasteiger partial charge is 0.416 e. The van der Waals surface area contributed by atoms with E-state index in [1.165, 1.54) is 13.0 Å². The lowest BCUT2D eigenvalue weighted by atomic mass is 9.97. The molecule has 0 bridgehead atoms. The van der Waals surface area contributed by atoms with Gasteiger partial charge in [0.15, 0.2) is 5.65 Å². The van der Waals surface area contributed by atoms with Gasteiger partial charge in [-0.25, -0.2) is 9.97 Å². The number of benzene rings is 1. The zero-order valence-electron chi connectivity index (χ0n) is 21.8. The zero-order chi connectivity index (χ0) is 27.2. The van der Waals surface area contributed by atoms with Crippen LogP contribution in [0.5, 0.6) is 5.88 Å². The molecule has 38 heavy (non-hydrogen) atoms. The molecule has 3 aromatic rings. The van der Waals surface area contributed by atoms with Crippen molar-refractivity contribution < 1.29 is 22.7 Å². The predicted molar refractivity (Wildman–Crippen MR) is 139 cm³/mol. The molecule has 0 saturated heterocycles. The molecule has 200 valence electrons. The molecule has 0 unspecified atom stereocenters. The SMILES string of the molecule is CC(=O)N1CC=C(c2cc3c(N[C@H](C)c4cccc(C(F)(F)F)c4C)nc(C)nc3nc2OC2CC2)CC1. The second kappa shape index (κ2) is 9.89. The van der Waals surface area contributed by atoms with Gasteiger partial charge in [0.05, 0.1) is 17.0 Å². The largest absolute Gasteiger partial charge is 0.474 e. The van der Waals surface area contributed by atoms with Crippen molar-refractivity contribution in [1.82, 2.24) is 19.9 Å². The summed E-state index contributed by atoms with van der Waals surface area (Å²) in [6.07, 6.45) is 0.314. The number of rotatable bonds is 6. The first-order chi connectivity index (χ1) is 18.0. The van der Waals surface area contributed by atoms with Gasteiger partial charge in [-0.15, -0.1) is 0 Å². The van der Waals surface area contributed by atoms with Crippen molar-refractivity contribution in [2.24, 2.45) is 0 Å². The number of carbonyl (C=O) groups excluding carboxylic acids is 1. The van der Waals surface area contributed by atoms with E-state index >= 15 is 0 Å². The van der Waals surface area contributed by atoms with Gasteiger partial charge in [0.25, 0.3) is 0 Å². The van der Waals surface area contributed by atoms with Crippen LogP contribution in [0, 0.1) is 13.8 Å². The molecule has 2 aliphatic rings. The number of aryl methyl sites for hydroxylation is 1. The number of alkyl halides is 3. The van der Waals surface area contributed by atoms with E-state index in [0.717, 1.165) is 30.0 Å². The quantitative estimate of drug-likeness (QED) is 0.425. The fraction of sp³-hybridized carbons (Fsp3) is 0.429. The third-order valence-electron chi connectivity index (χ3n) is 7.07. The van der Waals surface area contributed by atoms with Crippen LogP contribution in [-0.2, 0) is 11.0 Å². The fourth-order valence-corrected chi connectivity index (χ4v) is 4.83. The Morgan fingerprint density at radius 3 is 2.58 bits per heavy atom. The highest BCUT2D eigenvalue weighted by Crippen LogP contribution is 2.38. The molecule has 0 spiro atoms. The molecule has 1 atom stereocenters. The van der Waals surface area contributed by atoms with E-state index in [-0.39, 0.29) is 17.6 Å². The number of halogens is 3. The summed E-state index contributed by atoms with van der Waals surface area (Å²) in [7, 11) is 0. The molecule has 10 heteroatoms. The summed E-state index contributed by atoms with van der Waals surface area (Å²) < 4.78 is 46.7. The first-order valence-electron chi connectivity index (χ1n) is 12.8. The van der Waals surface area contributed by atoms with E-state index in [0.29, 0.717) is 53.6 Å². The van der Waals surface area contributed by atoms with Gasteiger partial charge in [-0.1, -0.05) is 18.2 Å². The van der Waals surface area contributed by atoms with Crippen LogP contribution in [0.4, 0.5) is 19.0 Å². The number of aromatic nitrogens is 3. The summed E-state index contributed by atoms with van der Waals surface area (Å²) in [5, 5.41) is 3.97. The van der Waals surface area contributed by atoms with E-state index in [9.17, 15) is 18.0 Å². The van der Waals surface area contributed by atoms with Crippen LogP contribution >= 0.6 is 0 Å². The lowest BCUT2D eigenvalue weighted by Crippen LogP contribution is -2.32. The molecule has 1 N–H and O–H groups in total. The molecular formula is C28H30F3N5O2. The molecule has 1 aromatic carbocycles. The molecular weight excluding hydrogens is 495 g/mol. The summed E-state index contributed by atoms with van der Waals surface area (Å²) in [5.41, 5.74) is 2.37. The number of carbonyl (C=O) groups is 1. The number of hydrogen-bond donors (Lipinski definition) is 1. The highest BCUT2D eigenvalue weighted by Gasteiger charge is 2.33. The zero-order valence-corrected chi connectivity index (χ0v) is 21.8. The molecule has 1 aliphatic heterocycles. The summed E-state index contributed by atoms with van der Waals surface area (Å²) in [5.74, 6) is 1.51. The van der Waals surface area contributed by atoms with Crippen LogP contribution in [-0.4, -0.2) is 45.0 Å². The fourth-order valence-electron chi connectivity index (χ4n) is 4.83. The molecule has 0 radical (unpaired) electrons. The van der Waals surface area contributed by atoms with Gasteiger partial charge in [-0.3, -0.25) is 4.79 Å². The summed E-state index contributed by atoms with van der Waals surface area (Å²) in [6.45, 7) is 7.71.